The van der Waals surface area contributed by atoms with Crippen LogP contribution in [0.3, 0.4) is 0 Å². The number of carbonyl (C=O) groups is 1. The van der Waals surface area contributed by atoms with Crippen molar-refractivity contribution in [3.63, 3.8) is 0 Å². The zero-order valence-electron chi connectivity index (χ0n) is 8.50. The van der Waals surface area contributed by atoms with Gasteiger partial charge in [-0.15, -0.1) is 0 Å². The summed E-state index contributed by atoms with van der Waals surface area (Å²) in [5, 5.41) is 0.546. The Morgan fingerprint density at radius 2 is 2.20 bits per heavy atom. The van der Waals surface area contributed by atoms with Crippen LogP contribution in [0.15, 0.2) is 0 Å². The number of ketones is 1. The first-order valence-corrected chi connectivity index (χ1v) is 5.90. The van der Waals surface area contributed by atoms with E-state index >= 15 is 0 Å². The summed E-state index contributed by atoms with van der Waals surface area (Å²) in [6.45, 7) is 0.778. The third kappa shape index (κ3) is 1.41. The molecule has 1 aromatic heterocycles. The van der Waals surface area contributed by atoms with Crippen LogP contribution in [0.5, 0.6) is 0 Å². The second-order valence-electron chi connectivity index (χ2n) is 4.45. The van der Waals surface area contributed by atoms with Crippen molar-refractivity contribution in [3.05, 3.63) is 16.7 Å². The lowest BCUT2D eigenvalue weighted by molar-refractivity contribution is -0.119. The highest BCUT2D eigenvalue weighted by atomic mass is 35.5. The van der Waals surface area contributed by atoms with Crippen molar-refractivity contribution in [2.75, 3.05) is 0 Å². The van der Waals surface area contributed by atoms with Gasteiger partial charge in [0.25, 0.3) is 0 Å². The van der Waals surface area contributed by atoms with Crippen molar-refractivity contribution in [2.45, 2.75) is 44.6 Å². The zero-order valence-corrected chi connectivity index (χ0v) is 9.26. The molecule has 3 nitrogen and oxygen atoms in total. The zero-order chi connectivity index (χ0) is 10.4. The summed E-state index contributed by atoms with van der Waals surface area (Å²) in [5.41, 5.74) is 0.940. The number of Topliss-reactive ketones (excluding diaryl/α,β-unsaturated/α-hetero) is 1. The molecule has 0 N–H and O–H groups in total. The maximum atomic E-state index is 11.3. The molecule has 0 aromatic carbocycles. The van der Waals surface area contributed by atoms with E-state index in [0.717, 1.165) is 18.1 Å². The van der Waals surface area contributed by atoms with Crippen LogP contribution in [0.2, 0.25) is 5.15 Å². The van der Waals surface area contributed by atoms with E-state index < -0.39 is 0 Å². The van der Waals surface area contributed by atoms with Crippen LogP contribution in [0.1, 0.15) is 43.1 Å². The lowest BCUT2D eigenvalue weighted by atomic mass is 9.84. The predicted octanol–water partition coefficient (Wildman–Crippen LogP) is 2.32. The fourth-order valence-electron chi connectivity index (χ4n) is 2.38. The van der Waals surface area contributed by atoms with E-state index in [9.17, 15) is 4.79 Å². The summed E-state index contributed by atoms with van der Waals surface area (Å²) < 4.78 is 2.17. The topological polar surface area (TPSA) is 34.9 Å². The third-order valence-electron chi connectivity index (χ3n) is 3.50. The molecule has 1 aliphatic carbocycles. The van der Waals surface area contributed by atoms with E-state index in [1.54, 1.807) is 0 Å². The minimum absolute atomic E-state index is 0.282. The molecule has 1 aliphatic heterocycles. The monoisotopic (exact) mass is 224 g/mol. The Balaban J connectivity index is 2.02. The molecule has 2 aliphatic rings. The van der Waals surface area contributed by atoms with Crippen LogP contribution >= 0.6 is 11.6 Å². The number of imidazole rings is 1. The Kier molecular flexibility index (Phi) is 2.09. The van der Waals surface area contributed by atoms with E-state index in [-0.39, 0.29) is 5.78 Å². The first-order valence-electron chi connectivity index (χ1n) is 5.52. The van der Waals surface area contributed by atoms with Gasteiger partial charge in [-0.05, 0) is 12.8 Å². The summed E-state index contributed by atoms with van der Waals surface area (Å²) in [6, 6.07) is 0. The summed E-state index contributed by atoms with van der Waals surface area (Å²) in [5.74, 6) is 1.99. The number of hydrogen-bond acceptors (Lipinski definition) is 2. The van der Waals surface area contributed by atoms with Crippen molar-refractivity contribution >= 4 is 17.4 Å². The fraction of sp³-hybridized carbons (Fsp3) is 0.636. The van der Waals surface area contributed by atoms with Crippen LogP contribution in [0, 0.1) is 0 Å². The molecule has 3 rings (SSSR count). The highest BCUT2D eigenvalue weighted by Gasteiger charge is 2.29. The molecular weight excluding hydrogens is 212 g/mol. The summed E-state index contributed by atoms with van der Waals surface area (Å²) in [4.78, 5) is 15.8. The summed E-state index contributed by atoms with van der Waals surface area (Å²) in [6.07, 6.45) is 4.85. The predicted molar refractivity (Wildman–Crippen MR) is 57.2 cm³/mol. The van der Waals surface area contributed by atoms with Gasteiger partial charge in [0.15, 0.2) is 5.15 Å². The molecule has 0 saturated heterocycles. The van der Waals surface area contributed by atoms with Gasteiger partial charge in [-0.2, -0.15) is 0 Å². The van der Waals surface area contributed by atoms with Crippen molar-refractivity contribution in [1.82, 2.24) is 9.55 Å². The Morgan fingerprint density at radius 1 is 1.40 bits per heavy atom. The number of fused-ring (bicyclic) bond motifs is 1. The molecule has 1 saturated carbocycles. The van der Waals surface area contributed by atoms with Crippen molar-refractivity contribution in [1.29, 1.82) is 0 Å². The Bertz CT molecular complexity index is 420. The molecule has 0 amide bonds. The average Bonchev–Trinajstić information content (AvgIpc) is 2.41. The molecule has 4 heteroatoms. The number of hydrogen-bond donors (Lipinski definition) is 0. The molecule has 0 bridgehead atoms. The van der Waals surface area contributed by atoms with E-state index in [4.69, 9.17) is 11.6 Å². The van der Waals surface area contributed by atoms with Gasteiger partial charge in [-0.25, -0.2) is 4.98 Å². The number of rotatable bonds is 1. The average molecular weight is 225 g/mol. The molecule has 1 aromatic rings. The third-order valence-corrected chi connectivity index (χ3v) is 3.81. The largest absolute Gasteiger partial charge is 0.330 e. The van der Waals surface area contributed by atoms with Gasteiger partial charge in [0, 0.05) is 25.3 Å². The highest BCUT2D eigenvalue weighted by molar-refractivity contribution is 6.30. The second-order valence-corrected chi connectivity index (χ2v) is 4.81. The van der Waals surface area contributed by atoms with E-state index in [2.05, 4.69) is 9.55 Å². The molecule has 0 unspecified atom stereocenters. The van der Waals surface area contributed by atoms with Gasteiger partial charge < -0.3 is 4.57 Å². The van der Waals surface area contributed by atoms with Crippen LogP contribution < -0.4 is 0 Å². The maximum absolute atomic E-state index is 11.3. The molecule has 15 heavy (non-hydrogen) atoms. The molecule has 1 fully saturated rings. The van der Waals surface area contributed by atoms with E-state index in [1.165, 1.54) is 19.3 Å². The van der Waals surface area contributed by atoms with E-state index in [1.807, 2.05) is 0 Å². The number of aromatic nitrogens is 2. The van der Waals surface area contributed by atoms with Crippen LogP contribution in [-0.4, -0.2) is 15.3 Å². The van der Waals surface area contributed by atoms with Gasteiger partial charge in [0.1, 0.15) is 11.6 Å². The van der Waals surface area contributed by atoms with Crippen molar-refractivity contribution in [2.24, 2.45) is 0 Å². The normalized spacial score (nSPS) is 21.3. The Morgan fingerprint density at radius 3 is 2.87 bits per heavy atom. The van der Waals surface area contributed by atoms with Crippen molar-refractivity contribution < 1.29 is 4.79 Å². The molecule has 0 atom stereocenters. The molecular formula is C11H13ClN2O. The lowest BCUT2D eigenvalue weighted by Gasteiger charge is -2.27. The van der Waals surface area contributed by atoms with Gasteiger partial charge in [0.05, 0.1) is 5.69 Å². The minimum Gasteiger partial charge on any atom is -0.330 e. The van der Waals surface area contributed by atoms with Crippen molar-refractivity contribution in [3.8, 4) is 0 Å². The lowest BCUT2D eigenvalue weighted by Crippen LogP contribution is -2.23. The molecule has 80 valence electrons. The smallest absolute Gasteiger partial charge is 0.151 e. The Labute approximate surface area is 93.4 Å². The number of halogens is 1. The SMILES string of the molecule is O=C1CCn2c(C3CCC3)nc(Cl)c2C1. The Hall–Kier alpha value is -0.830. The van der Waals surface area contributed by atoms with Gasteiger partial charge in [-0.3, -0.25) is 4.79 Å². The molecule has 0 spiro atoms. The van der Waals surface area contributed by atoms with E-state index in [0.29, 0.717) is 23.9 Å². The van der Waals surface area contributed by atoms with Gasteiger partial charge in [0.2, 0.25) is 0 Å². The fourth-order valence-corrected chi connectivity index (χ4v) is 2.64. The minimum atomic E-state index is 0.282. The number of nitrogens with zero attached hydrogens (tertiary/aromatic N) is 2. The van der Waals surface area contributed by atoms with Crippen LogP contribution in [0.25, 0.3) is 0 Å². The highest BCUT2D eigenvalue weighted by Crippen LogP contribution is 2.38. The van der Waals surface area contributed by atoms with Crippen LogP contribution in [-0.2, 0) is 17.8 Å². The summed E-state index contributed by atoms with van der Waals surface area (Å²) in [7, 11) is 0. The van der Waals surface area contributed by atoms with Gasteiger partial charge >= 0.3 is 0 Å². The quantitative estimate of drug-likeness (QED) is 0.734. The standard InChI is InChI=1S/C11H13ClN2O/c12-10-9-6-8(15)4-5-14(9)11(13-10)7-2-1-3-7/h7H,1-6H2. The number of carbonyl (C=O) groups excluding carboxylic acids is 1. The van der Waals surface area contributed by atoms with Crippen LogP contribution in [0.4, 0.5) is 0 Å². The summed E-state index contributed by atoms with van der Waals surface area (Å²) >= 11 is 6.07. The first-order chi connectivity index (χ1) is 7.25. The molecule has 0 radical (unpaired) electrons. The first kappa shape index (κ1) is 9.40. The maximum Gasteiger partial charge on any atom is 0.151 e. The van der Waals surface area contributed by atoms with Gasteiger partial charge in [-0.1, -0.05) is 18.0 Å². The molecule has 2 heterocycles. The second kappa shape index (κ2) is 3.34.